The first kappa shape index (κ1) is 23.3. The zero-order chi connectivity index (χ0) is 23.4. The van der Waals surface area contributed by atoms with Crippen LogP contribution in [0.2, 0.25) is 0 Å². The molecule has 1 N–H and O–H groups in total. The van der Waals surface area contributed by atoms with Gasteiger partial charge in [-0.15, -0.1) is 21.5 Å². The Hall–Kier alpha value is -2.83. The van der Waals surface area contributed by atoms with Gasteiger partial charge in [-0.1, -0.05) is 30.8 Å². The van der Waals surface area contributed by atoms with Crippen molar-refractivity contribution < 1.29 is 9.53 Å². The van der Waals surface area contributed by atoms with Gasteiger partial charge in [0.25, 0.3) is 0 Å². The molecule has 1 aliphatic rings. The molecule has 1 aliphatic carbocycles. The van der Waals surface area contributed by atoms with Crippen molar-refractivity contribution in [3.05, 3.63) is 51.7 Å². The van der Waals surface area contributed by atoms with Crippen molar-refractivity contribution in [1.29, 1.82) is 5.26 Å². The number of nitriles is 1. The third kappa shape index (κ3) is 5.23. The maximum Gasteiger partial charge on any atom is 0.235 e. The van der Waals surface area contributed by atoms with Crippen LogP contribution in [0.1, 0.15) is 47.7 Å². The maximum absolute atomic E-state index is 12.7. The minimum absolute atomic E-state index is 0.134. The van der Waals surface area contributed by atoms with Crippen LogP contribution in [-0.2, 0) is 30.6 Å². The number of carbonyl (C=O) groups excluding carboxylic acids is 1. The Bertz CT molecular complexity index is 1180. The molecular formula is C24H27N5O2S2. The number of rotatable bonds is 8. The Morgan fingerprint density at radius 2 is 2.15 bits per heavy atom. The molecule has 0 saturated heterocycles. The van der Waals surface area contributed by atoms with Crippen LogP contribution in [0.3, 0.4) is 0 Å². The first-order valence-corrected chi connectivity index (χ1v) is 12.8. The summed E-state index contributed by atoms with van der Waals surface area (Å²) in [5.41, 5.74) is 2.88. The second-order valence-electron chi connectivity index (χ2n) is 8.17. The third-order valence-corrected chi connectivity index (χ3v) is 7.98. The summed E-state index contributed by atoms with van der Waals surface area (Å²) < 4.78 is 7.25. The zero-order valence-electron chi connectivity index (χ0n) is 19.1. The summed E-state index contributed by atoms with van der Waals surface area (Å²) >= 11 is 2.91. The van der Waals surface area contributed by atoms with Crippen LogP contribution in [0.5, 0.6) is 5.75 Å². The highest BCUT2D eigenvalue weighted by atomic mass is 32.2. The van der Waals surface area contributed by atoms with Crippen molar-refractivity contribution in [1.82, 2.24) is 14.8 Å². The molecule has 0 saturated carbocycles. The van der Waals surface area contributed by atoms with Crippen molar-refractivity contribution in [3.63, 3.8) is 0 Å². The molecule has 1 amide bonds. The summed E-state index contributed by atoms with van der Waals surface area (Å²) in [6, 6.07) is 10.2. The molecule has 9 heteroatoms. The largest absolute Gasteiger partial charge is 0.497 e. The van der Waals surface area contributed by atoms with Gasteiger partial charge in [0.1, 0.15) is 22.6 Å². The van der Waals surface area contributed by atoms with Crippen LogP contribution in [0.25, 0.3) is 0 Å². The van der Waals surface area contributed by atoms with Crippen molar-refractivity contribution in [2.75, 3.05) is 18.2 Å². The highest BCUT2D eigenvalue weighted by Crippen LogP contribution is 2.39. The Morgan fingerprint density at radius 3 is 2.85 bits per heavy atom. The Morgan fingerprint density at radius 1 is 1.36 bits per heavy atom. The van der Waals surface area contributed by atoms with E-state index in [1.807, 2.05) is 35.8 Å². The molecule has 1 atom stereocenters. The van der Waals surface area contributed by atoms with Crippen LogP contribution < -0.4 is 10.1 Å². The molecule has 4 rings (SSSR count). The van der Waals surface area contributed by atoms with Gasteiger partial charge in [-0.2, -0.15) is 5.26 Å². The normalized spacial score (nSPS) is 15.0. The molecule has 7 nitrogen and oxygen atoms in total. The lowest BCUT2D eigenvalue weighted by Crippen LogP contribution is -2.15. The summed E-state index contributed by atoms with van der Waals surface area (Å²) in [7, 11) is 1.65. The monoisotopic (exact) mass is 481 g/mol. The lowest BCUT2D eigenvalue weighted by atomic mass is 9.89. The van der Waals surface area contributed by atoms with E-state index in [0.717, 1.165) is 53.7 Å². The van der Waals surface area contributed by atoms with Gasteiger partial charge in [0.2, 0.25) is 5.91 Å². The van der Waals surface area contributed by atoms with Crippen molar-refractivity contribution in [2.45, 2.75) is 51.2 Å². The van der Waals surface area contributed by atoms with Gasteiger partial charge in [0.05, 0.1) is 18.4 Å². The molecule has 0 bridgehead atoms. The quantitative estimate of drug-likeness (QED) is 0.469. The Balaban J connectivity index is 1.40. The van der Waals surface area contributed by atoms with Gasteiger partial charge in [-0.25, -0.2) is 0 Å². The summed E-state index contributed by atoms with van der Waals surface area (Å²) in [6.07, 6.45) is 3.64. The third-order valence-electron chi connectivity index (χ3n) is 5.84. The number of aromatic nitrogens is 3. The number of anilines is 1. The number of methoxy groups -OCH3 is 1. The average molecular weight is 482 g/mol. The Labute approximate surface area is 202 Å². The predicted octanol–water partition coefficient (Wildman–Crippen LogP) is 4.69. The van der Waals surface area contributed by atoms with E-state index in [1.54, 1.807) is 18.4 Å². The number of nitrogens with one attached hydrogen (secondary N) is 1. The number of ether oxygens (including phenoxy) is 1. The molecule has 33 heavy (non-hydrogen) atoms. The average Bonchev–Trinajstić information content (AvgIpc) is 3.37. The fourth-order valence-corrected chi connectivity index (χ4v) is 6.25. The SMILES string of the molecule is CCn1c(Cc2ccc(OC)cc2)nnc1SCC(=O)Nc1sc2c(c1C#N)CCC(C)C2. The van der Waals surface area contributed by atoms with Gasteiger partial charge >= 0.3 is 0 Å². The smallest absolute Gasteiger partial charge is 0.235 e. The molecule has 0 aliphatic heterocycles. The van der Waals surface area contributed by atoms with E-state index in [-0.39, 0.29) is 11.7 Å². The number of hydrogen-bond acceptors (Lipinski definition) is 7. The highest BCUT2D eigenvalue weighted by Gasteiger charge is 2.25. The number of fused-ring (bicyclic) bond motifs is 1. The number of amides is 1. The number of carbonyl (C=O) groups is 1. The van der Waals surface area contributed by atoms with Crippen molar-refractivity contribution in [3.8, 4) is 11.8 Å². The number of benzene rings is 1. The predicted molar refractivity (Wildman–Crippen MR) is 131 cm³/mol. The molecule has 0 radical (unpaired) electrons. The molecule has 0 fully saturated rings. The first-order valence-electron chi connectivity index (χ1n) is 11.0. The van der Waals surface area contributed by atoms with Gasteiger partial charge < -0.3 is 14.6 Å². The van der Waals surface area contributed by atoms with Gasteiger partial charge in [0, 0.05) is 17.8 Å². The van der Waals surface area contributed by atoms with Crippen molar-refractivity contribution >= 4 is 34.0 Å². The van der Waals surface area contributed by atoms with E-state index in [0.29, 0.717) is 22.9 Å². The van der Waals surface area contributed by atoms with E-state index in [4.69, 9.17) is 4.74 Å². The number of thiophene rings is 1. The molecule has 172 valence electrons. The maximum atomic E-state index is 12.7. The van der Waals surface area contributed by atoms with E-state index in [2.05, 4.69) is 28.5 Å². The standard InChI is InChI=1S/C24H27N5O2S2/c1-4-29-21(12-16-6-8-17(31-3)9-7-16)27-28-24(29)32-14-22(30)26-23-19(13-25)18-10-5-15(2)11-20(18)33-23/h6-9,15H,4-5,10-12,14H2,1-3H3,(H,26,30). The highest BCUT2D eigenvalue weighted by molar-refractivity contribution is 7.99. The summed E-state index contributed by atoms with van der Waals surface area (Å²) in [5.74, 6) is 2.38. The Kier molecular flexibility index (Phi) is 7.36. The summed E-state index contributed by atoms with van der Waals surface area (Å²) in [6.45, 7) is 4.99. The molecule has 1 unspecified atom stereocenters. The molecular weight excluding hydrogens is 454 g/mol. The lowest BCUT2D eigenvalue weighted by Gasteiger charge is -2.17. The van der Waals surface area contributed by atoms with Crippen LogP contribution in [0.4, 0.5) is 5.00 Å². The fraction of sp³-hybridized carbons (Fsp3) is 0.417. The molecule has 0 spiro atoms. The van der Waals surface area contributed by atoms with E-state index < -0.39 is 0 Å². The van der Waals surface area contributed by atoms with Crippen LogP contribution in [-0.4, -0.2) is 33.5 Å². The van der Waals surface area contributed by atoms with Crippen LogP contribution >= 0.6 is 23.1 Å². The molecule has 1 aromatic carbocycles. The number of nitrogens with zero attached hydrogens (tertiary/aromatic N) is 4. The van der Waals surface area contributed by atoms with E-state index in [1.165, 1.54) is 16.6 Å². The molecule has 2 heterocycles. The molecule has 3 aromatic rings. The van der Waals surface area contributed by atoms with E-state index in [9.17, 15) is 10.1 Å². The van der Waals surface area contributed by atoms with Gasteiger partial charge in [-0.05, 0) is 55.4 Å². The minimum Gasteiger partial charge on any atom is -0.497 e. The topological polar surface area (TPSA) is 92.8 Å². The van der Waals surface area contributed by atoms with Crippen LogP contribution in [0.15, 0.2) is 29.4 Å². The van der Waals surface area contributed by atoms with Crippen molar-refractivity contribution in [2.24, 2.45) is 5.92 Å². The molecule has 2 aromatic heterocycles. The lowest BCUT2D eigenvalue weighted by molar-refractivity contribution is -0.113. The van der Waals surface area contributed by atoms with Crippen LogP contribution in [0, 0.1) is 17.2 Å². The number of thioether (sulfide) groups is 1. The second kappa shape index (κ2) is 10.4. The van der Waals surface area contributed by atoms with E-state index >= 15 is 0 Å². The van der Waals surface area contributed by atoms with Gasteiger partial charge in [-0.3, -0.25) is 4.79 Å². The minimum atomic E-state index is -0.134. The second-order valence-corrected chi connectivity index (χ2v) is 10.2. The summed E-state index contributed by atoms with van der Waals surface area (Å²) in [5, 5.41) is 22.7. The van der Waals surface area contributed by atoms with Gasteiger partial charge in [0.15, 0.2) is 5.16 Å². The summed E-state index contributed by atoms with van der Waals surface area (Å²) in [4.78, 5) is 13.9. The zero-order valence-corrected chi connectivity index (χ0v) is 20.7. The first-order chi connectivity index (χ1) is 16.0. The fourth-order valence-electron chi connectivity index (χ4n) is 4.05. The number of hydrogen-bond donors (Lipinski definition) is 1.